The number of pyridine rings is 1. The second-order valence-corrected chi connectivity index (χ2v) is 6.18. The van der Waals surface area contributed by atoms with Gasteiger partial charge in [0.15, 0.2) is 5.13 Å². The quantitative estimate of drug-likeness (QED) is 0.786. The van der Waals surface area contributed by atoms with Crippen molar-refractivity contribution < 1.29 is 4.79 Å². The van der Waals surface area contributed by atoms with E-state index >= 15 is 0 Å². The van der Waals surface area contributed by atoms with Gasteiger partial charge >= 0.3 is 0 Å². The fourth-order valence-corrected chi connectivity index (χ4v) is 2.94. The molecular formula is C18H14N4OS. The standard InChI is InChI=1S/C18H14N4OS/c1-11-7-15(14-5-3-13(9-19)4-6-14)8-16(20-11)17(23)22-18-21-12(2)10-24-18/h3-8,10H,1-2H3,(H,21,22,23). The molecule has 5 nitrogen and oxygen atoms in total. The number of amides is 1. The van der Waals surface area contributed by atoms with Gasteiger partial charge in [-0.3, -0.25) is 10.1 Å². The van der Waals surface area contributed by atoms with Gasteiger partial charge in [-0.05, 0) is 49.2 Å². The lowest BCUT2D eigenvalue weighted by Crippen LogP contribution is -2.14. The van der Waals surface area contributed by atoms with Crippen LogP contribution < -0.4 is 5.32 Å². The minimum Gasteiger partial charge on any atom is -0.296 e. The first-order valence-electron chi connectivity index (χ1n) is 7.28. The van der Waals surface area contributed by atoms with Gasteiger partial charge in [-0.15, -0.1) is 11.3 Å². The number of hydrogen-bond acceptors (Lipinski definition) is 5. The highest BCUT2D eigenvalue weighted by molar-refractivity contribution is 7.13. The van der Waals surface area contributed by atoms with Crippen molar-refractivity contribution in [2.24, 2.45) is 0 Å². The Hall–Kier alpha value is -3.04. The van der Waals surface area contributed by atoms with Crippen LogP contribution in [0.5, 0.6) is 0 Å². The summed E-state index contributed by atoms with van der Waals surface area (Å²) in [5, 5.41) is 14.1. The van der Waals surface area contributed by atoms with Gasteiger partial charge in [0, 0.05) is 11.1 Å². The third kappa shape index (κ3) is 3.47. The molecule has 0 atom stereocenters. The van der Waals surface area contributed by atoms with Crippen molar-refractivity contribution in [1.82, 2.24) is 9.97 Å². The van der Waals surface area contributed by atoms with Gasteiger partial charge in [0.1, 0.15) is 5.69 Å². The number of thiazole rings is 1. The molecule has 3 rings (SSSR count). The zero-order valence-electron chi connectivity index (χ0n) is 13.2. The molecule has 1 aromatic carbocycles. The Morgan fingerprint density at radius 3 is 2.46 bits per heavy atom. The number of nitriles is 1. The highest BCUT2D eigenvalue weighted by Gasteiger charge is 2.12. The highest BCUT2D eigenvalue weighted by atomic mass is 32.1. The van der Waals surface area contributed by atoms with Crippen molar-refractivity contribution in [3.8, 4) is 17.2 Å². The topological polar surface area (TPSA) is 78.7 Å². The van der Waals surface area contributed by atoms with Crippen LogP contribution in [-0.4, -0.2) is 15.9 Å². The van der Waals surface area contributed by atoms with E-state index in [1.807, 2.05) is 37.4 Å². The van der Waals surface area contributed by atoms with E-state index in [9.17, 15) is 4.79 Å². The summed E-state index contributed by atoms with van der Waals surface area (Å²) in [5.41, 5.74) is 4.36. The lowest BCUT2D eigenvalue weighted by atomic mass is 10.0. The molecule has 0 radical (unpaired) electrons. The molecule has 0 aliphatic carbocycles. The van der Waals surface area contributed by atoms with E-state index < -0.39 is 0 Å². The predicted octanol–water partition coefficient (Wildman–Crippen LogP) is 3.95. The van der Waals surface area contributed by atoms with E-state index in [1.54, 1.807) is 18.2 Å². The fourth-order valence-electron chi connectivity index (χ4n) is 2.26. The molecule has 0 bridgehead atoms. The van der Waals surface area contributed by atoms with E-state index in [2.05, 4.69) is 21.4 Å². The summed E-state index contributed by atoms with van der Waals surface area (Å²) in [6.07, 6.45) is 0. The fraction of sp³-hybridized carbons (Fsp3) is 0.111. The Balaban J connectivity index is 1.90. The number of carbonyl (C=O) groups is 1. The number of aromatic nitrogens is 2. The molecule has 118 valence electrons. The maximum absolute atomic E-state index is 12.4. The zero-order valence-corrected chi connectivity index (χ0v) is 14.0. The van der Waals surface area contributed by atoms with Crippen LogP contribution in [0.2, 0.25) is 0 Å². The Labute approximate surface area is 143 Å². The molecule has 0 saturated heterocycles. The molecule has 2 aromatic heterocycles. The first-order valence-corrected chi connectivity index (χ1v) is 8.16. The van der Waals surface area contributed by atoms with Gasteiger partial charge in [-0.1, -0.05) is 12.1 Å². The molecule has 3 aromatic rings. The van der Waals surface area contributed by atoms with Gasteiger partial charge in [0.25, 0.3) is 5.91 Å². The molecule has 0 aliphatic heterocycles. The maximum Gasteiger partial charge on any atom is 0.276 e. The number of nitrogens with one attached hydrogen (secondary N) is 1. The van der Waals surface area contributed by atoms with Gasteiger partial charge < -0.3 is 0 Å². The van der Waals surface area contributed by atoms with Crippen molar-refractivity contribution >= 4 is 22.4 Å². The molecule has 1 N–H and O–H groups in total. The number of hydrogen-bond donors (Lipinski definition) is 1. The molecule has 2 heterocycles. The van der Waals surface area contributed by atoms with Gasteiger partial charge in [0.2, 0.25) is 0 Å². The molecule has 24 heavy (non-hydrogen) atoms. The minimum atomic E-state index is -0.289. The molecular weight excluding hydrogens is 320 g/mol. The molecule has 1 amide bonds. The SMILES string of the molecule is Cc1cc(-c2ccc(C#N)cc2)cc(C(=O)Nc2nc(C)cs2)n1. The number of nitrogens with zero attached hydrogens (tertiary/aromatic N) is 3. The molecule has 0 aliphatic rings. The zero-order chi connectivity index (χ0) is 17.1. The first kappa shape index (κ1) is 15.8. The lowest BCUT2D eigenvalue weighted by Gasteiger charge is -2.07. The summed E-state index contributed by atoms with van der Waals surface area (Å²) >= 11 is 1.38. The second kappa shape index (κ2) is 6.60. The summed E-state index contributed by atoms with van der Waals surface area (Å²) in [4.78, 5) is 20.9. The average Bonchev–Trinajstić information content (AvgIpc) is 2.99. The summed E-state index contributed by atoms with van der Waals surface area (Å²) in [7, 11) is 0. The normalized spacial score (nSPS) is 10.2. The van der Waals surface area contributed by atoms with Crippen LogP contribution in [0.15, 0.2) is 41.8 Å². The highest BCUT2D eigenvalue weighted by Crippen LogP contribution is 2.22. The Bertz CT molecular complexity index is 938. The van der Waals surface area contributed by atoms with E-state index in [-0.39, 0.29) is 5.91 Å². The van der Waals surface area contributed by atoms with Crippen molar-refractivity contribution in [1.29, 1.82) is 5.26 Å². The van der Waals surface area contributed by atoms with E-state index in [4.69, 9.17) is 5.26 Å². The number of carbonyl (C=O) groups excluding carboxylic acids is 1. The molecule has 0 saturated carbocycles. The van der Waals surface area contributed by atoms with E-state index in [0.29, 0.717) is 16.4 Å². The summed E-state index contributed by atoms with van der Waals surface area (Å²) in [5.74, 6) is -0.289. The Kier molecular flexibility index (Phi) is 4.36. The summed E-state index contributed by atoms with van der Waals surface area (Å²) < 4.78 is 0. The number of anilines is 1. The third-order valence-corrected chi connectivity index (χ3v) is 4.25. The predicted molar refractivity (Wildman–Crippen MR) is 93.9 cm³/mol. The van der Waals surface area contributed by atoms with Crippen molar-refractivity contribution in [3.05, 3.63) is 64.4 Å². The average molecular weight is 334 g/mol. The Morgan fingerprint density at radius 1 is 1.08 bits per heavy atom. The van der Waals surface area contributed by atoms with Crippen LogP contribution in [-0.2, 0) is 0 Å². The summed E-state index contributed by atoms with van der Waals surface area (Å²) in [6.45, 7) is 3.72. The van der Waals surface area contributed by atoms with Gasteiger partial charge in [0.05, 0.1) is 17.3 Å². The van der Waals surface area contributed by atoms with Crippen LogP contribution >= 0.6 is 11.3 Å². The number of aryl methyl sites for hydroxylation is 2. The van der Waals surface area contributed by atoms with Crippen LogP contribution in [0.1, 0.15) is 27.4 Å². The van der Waals surface area contributed by atoms with E-state index in [0.717, 1.165) is 22.5 Å². The number of benzene rings is 1. The first-order chi connectivity index (χ1) is 11.5. The largest absolute Gasteiger partial charge is 0.296 e. The minimum absolute atomic E-state index is 0.289. The van der Waals surface area contributed by atoms with Crippen LogP contribution in [0.4, 0.5) is 5.13 Å². The third-order valence-electron chi connectivity index (χ3n) is 3.37. The molecule has 0 spiro atoms. The van der Waals surface area contributed by atoms with Crippen molar-refractivity contribution in [2.75, 3.05) is 5.32 Å². The monoisotopic (exact) mass is 334 g/mol. The van der Waals surface area contributed by atoms with Crippen molar-refractivity contribution in [2.45, 2.75) is 13.8 Å². The van der Waals surface area contributed by atoms with Crippen molar-refractivity contribution in [3.63, 3.8) is 0 Å². The van der Waals surface area contributed by atoms with Gasteiger partial charge in [-0.2, -0.15) is 5.26 Å². The van der Waals surface area contributed by atoms with Gasteiger partial charge in [-0.25, -0.2) is 9.97 Å². The lowest BCUT2D eigenvalue weighted by molar-refractivity contribution is 0.102. The molecule has 0 unspecified atom stereocenters. The van der Waals surface area contributed by atoms with E-state index in [1.165, 1.54) is 11.3 Å². The maximum atomic E-state index is 12.4. The van der Waals surface area contributed by atoms with Crippen LogP contribution in [0.3, 0.4) is 0 Å². The number of rotatable bonds is 3. The van der Waals surface area contributed by atoms with Crippen LogP contribution in [0, 0.1) is 25.2 Å². The smallest absolute Gasteiger partial charge is 0.276 e. The van der Waals surface area contributed by atoms with Crippen LogP contribution in [0.25, 0.3) is 11.1 Å². The molecule has 6 heteroatoms. The second-order valence-electron chi connectivity index (χ2n) is 5.32. The molecule has 0 fully saturated rings. The Morgan fingerprint density at radius 2 is 1.83 bits per heavy atom. The summed E-state index contributed by atoms with van der Waals surface area (Å²) in [6, 6.07) is 13.0.